The highest BCUT2D eigenvalue weighted by Crippen LogP contribution is 2.38. The first-order valence-corrected chi connectivity index (χ1v) is 8.35. The topological polar surface area (TPSA) is 4.93 Å². The molecule has 2 heterocycles. The molecular formula is C20H17NS. The average Bonchev–Trinajstić information content (AvgIpc) is 3.19. The molecule has 1 nitrogen and oxygen atoms in total. The molecule has 108 valence electrons. The van der Waals surface area contributed by atoms with E-state index in [0.29, 0.717) is 5.92 Å². The van der Waals surface area contributed by atoms with Gasteiger partial charge in [-0.2, -0.15) is 0 Å². The van der Waals surface area contributed by atoms with Gasteiger partial charge in [-0.15, -0.1) is 11.3 Å². The summed E-state index contributed by atoms with van der Waals surface area (Å²) in [6.07, 6.45) is 2.28. The Labute approximate surface area is 134 Å². The standard InChI is InChI=1S/C20H17NS/c1-21-14-17(16-10-5-6-11-18(16)21)20(19-12-7-13-22-19)15-8-3-2-4-9-15/h2-14,20H,1H3/t20-/m0/s1. The lowest BCUT2D eigenvalue weighted by Crippen LogP contribution is -2.00. The quantitative estimate of drug-likeness (QED) is 0.476. The fourth-order valence-electron chi connectivity index (χ4n) is 3.20. The molecule has 1 atom stereocenters. The second kappa shape index (κ2) is 5.47. The number of aryl methyl sites for hydroxylation is 1. The molecule has 0 bridgehead atoms. The molecule has 2 aromatic carbocycles. The monoisotopic (exact) mass is 303 g/mol. The van der Waals surface area contributed by atoms with Gasteiger partial charge in [-0.1, -0.05) is 54.6 Å². The lowest BCUT2D eigenvalue weighted by Gasteiger charge is -2.15. The number of rotatable bonds is 3. The van der Waals surface area contributed by atoms with Crippen molar-refractivity contribution in [1.82, 2.24) is 4.57 Å². The van der Waals surface area contributed by atoms with E-state index >= 15 is 0 Å². The van der Waals surface area contributed by atoms with E-state index in [-0.39, 0.29) is 0 Å². The van der Waals surface area contributed by atoms with Crippen LogP contribution in [0.25, 0.3) is 10.9 Å². The number of hydrogen-bond acceptors (Lipinski definition) is 1. The molecule has 0 saturated heterocycles. The van der Waals surface area contributed by atoms with Crippen LogP contribution in [0.15, 0.2) is 78.3 Å². The Balaban J connectivity index is 1.98. The van der Waals surface area contributed by atoms with Gasteiger partial charge in [0.15, 0.2) is 0 Å². The van der Waals surface area contributed by atoms with Crippen molar-refractivity contribution in [3.05, 3.63) is 94.3 Å². The summed E-state index contributed by atoms with van der Waals surface area (Å²) in [7, 11) is 2.13. The fraction of sp³-hybridized carbons (Fsp3) is 0.100. The summed E-state index contributed by atoms with van der Waals surface area (Å²) >= 11 is 1.83. The van der Waals surface area contributed by atoms with Gasteiger partial charge in [0.1, 0.15) is 0 Å². The van der Waals surface area contributed by atoms with Crippen molar-refractivity contribution in [2.24, 2.45) is 7.05 Å². The lowest BCUT2D eigenvalue weighted by molar-refractivity contribution is 0.936. The van der Waals surface area contributed by atoms with Crippen LogP contribution in [-0.4, -0.2) is 4.57 Å². The molecular weight excluding hydrogens is 286 g/mol. The molecule has 0 amide bonds. The van der Waals surface area contributed by atoms with Crippen LogP contribution in [0.1, 0.15) is 21.9 Å². The molecule has 0 fully saturated rings. The third-order valence-corrected chi connectivity index (χ3v) is 5.14. The van der Waals surface area contributed by atoms with Gasteiger partial charge in [0.2, 0.25) is 0 Å². The van der Waals surface area contributed by atoms with E-state index in [1.807, 2.05) is 11.3 Å². The summed E-state index contributed by atoms with van der Waals surface area (Å²) in [5.41, 5.74) is 4.02. The summed E-state index contributed by atoms with van der Waals surface area (Å²) in [6.45, 7) is 0. The molecule has 0 aliphatic rings. The van der Waals surface area contributed by atoms with E-state index in [0.717, 1.165) is 0 Å². The summed E-state index contributed by atoms with van der Waals surface area (Å²) < 4.78 is 2.23. The second-order valence-electron chi connectivity index (χ2n) is 5.57. The Kier molecular flexibility index (Phi) is 3.32. The molecule has 2 heteroatoms. The average molecular weight is 303 g/mol. The number of benzene rings is 2. The third kappa shape index (κ3) is 2.16. The molecule has 0 aliphatic carbocycles. The zero-order chi connectivity index (χ0) is 14.9. The highest BCUT2D eigenvalue weighted by atomic mass is 32.1. The Bertz CT molecular complexity index is 888. The van der Waals surface area contributed by atoms with Crippen LogP contribution >= 0.6 is 11.3 Å². The van der Waals surface area contributed by atoms with Crippen LogP contribution in [-0.2, 0) is 7.05 Å². The normalized spacial score (nSPS) is 12.6. The first-order chi connectivity index (χ1) is 10.8. The summed E-state index contributed by atoms with van der Waals surface area (Å²) in [4.78, 5) is 1.39. The molecule has 0 unspecified atom stereocenters. The summed E-state index contributed by atoms with van der Waals surface area (Å²) in [6, 6.07) is 23.8. The van der Waals surface area contributed by atoms with Gasteiger partial charge in [-0.25, -0.2) is 0 Å². The van der Waals surface area contributed by atoms with Crippen LogP contribution in [0.5, 0.6) is 0 Å². The van der Waals surface area contributed by atoms with Gasteiger partial charge in [0.25, 0.3) is 0 Å². The van der Waals surface area contributed by atoms with Crippen molar-refractivity contribution in [1.29, 1.82) is 0 Å². The number of aromatic nitrogens is 1. The number of nitrogens with zero attached hydrogens (tertiary/aromatic N) is 1. The molecule has 0 radical (unpaired) electrons. The van der Waals surface area contributed by atoms with E-state index in [1.54, 1.807) is 0 Å². The van der Waals surface area contributed by atoms with Gasteiger partial charge in [0.05, 0.1) is 0 Å². The maximum atomic E-state index is 2.28. The lowest BCUT2D eigenvalue weighted by atomic mass is 9.90. The zero-order valence-electron chi connectivity index (χ0n) is 12.4. The van der Waals surface area contributed by atoms with Gasteiger partial charge < -0.3 is 4.57 Å². The third-order valence-electron chi connectivity index (χ3n) is 4.20. The first-order valence-electron chi connectivity index (χ1n) is 7.47. The minimum atomic E-state index is 0.298. The molecule has 0 N–H and O–H groups in total. The number of fused-ring (bicyclic) bond motifs is 1. The maximum Gasteiger partial charge on any atom is 0.0480 e. The van der Waals surface area contributed by atoms with E-state index in [9.17, 15) is 0 Å². The van der Waals surface area contributed by atoms with Crippen molar-refractivity contribution in [3.63, 3.8) is 0 Å². The molecule has 0 spiro atoms. The van der Waals surface area contributed by atoms with E-state index in [1.165, 1.54) is 26.9 Å². The first kappa shape index (κ1) is 13.4. The predicted octanol–water partition coefficient (Wildman–Crippen LogP) is 5.42. The summed E-state index contributed by atoms with van der Waals surface area (Å²) in [5, 5.41) is 3.50. The fourth-order valence-corrected chi connectivity index (χ4v) is 4.07. The van der Waals surface area contributed by atoms with Crippen LogP contribution in [0.2, 0.25) is 0 Å². The number of hydrogen-bond donors (Lipinski definition) is 0. The zero-order valence-corrected chi connectivity index (χ0v) is 13.3. The molecule has 2 aromatic heterocycles. The van der Waals surface area contributed by atoms with Crippen molar-refractivity contribution in [2.45, 2.75) is 5.92 Å². The minimum Gasteiger partial charge on any atom is -0.350 e. The summed E-state index contributed by atoms with van der Waals surface area (Å²) in [5.74, 6) is 0.298. The van der Waals surface area contributed by atoms with Crippen LogP contribution in [0.4, 0.5) is 0 Å². The molecule has 0 saturated carbocycles. The Morgan fingerprint density at radius 2 is 1.64 bits per heavy atom. The Hall–Kier alpha value is -2.32. The van der Waals surface area contributed by atoms with E-state index in [4.69, 9.17) is 0 Å². The van der Waals surface area contributed by atoms with Crippen LogP contribution < -0.4 is 0 Å². The van der Waals surface area contributed by atoms with Crippen molar-refractivity contribution < 1.29 is 0 Å². The largest absolute Gasteiger partial charge is 0.350 e. The molecule has 4 rings (SSSR count). The maximum absolute atomic E-state index is 2.28. The van der Waals surface area contributed by atoms with Crippen molar-refractivity contribution in [2.75, 3.05) is 0 Å². The molecule has 0 aliphatic heterocycles. The van der Waals surface area contributed by atoms with E-state index in [2.05, 4.69) is 89.9 Å². The van der Waals surface area contributed by atoms with Gasteiger partial charge in [-0.3, -0.25) is 0 Å². The smallest absolute Gasteiger partial charge is 0.0480 e. The van der Waals surface area contributed by atoms with Gasteiger partial charge in [-0.05, 0) is 28.6 Å². The van der Waals surface area contributed by atoms with Crippen LogP contribution in [0, 0.1) is 0 Å². The highest BCUT2D eigenvalue weighted by molar-refractivity contribution is 7.10. The van der Waals surface area contributed by atoms with Gasteiger partial charge >= 0.3 is 0 Å². The second-order valence-corrected chi connectivity index (χ2v) is 6.55. The highest BCUT2D eigenvalue weighted by Gasteiger charge is 2.21. The van der Waals surface area contributed by atoms with Gasteiger partial charge in [0, 0.05) is 34.9 Å². The van der Waals surface area contributed by atoms with Crippen molar-refractivity contribution >= 4 is 22.2 Å². The SMILES string of the molecule is Cn1cc([C@H](c2ccccc2)c2cccs2)c2ccccc21. The van der Waals surface area contributed by atoms with Crippen LogP contribution in [0.3, 0.4) is 0 Å². The number of thiophene rings is 1. The van der Waals surface area contributed by atoms with E-state index < -0.39 is 0 Å². The number of para-hydroxylation sites is 1. The predicted molar refractivity (Wildman–Crippen MR) is 94.6 cm³/mol. The minimum absolute atomic E-state index is 0.298. The molecule has 22 heavy (non-hydrogen) atoms. The Morgan fingerprint density at radius 1 is 0.864 bits per heavy atom. The molecule has 4 aromatic rings. The Morgan fingerprint density at radius 3 is 2.41 bits per heavy atom. The van der Waals surface area contributed by atoms with Crippen molar-refractivity contribution in [3.8, 4) is 0 Å².